The van der Waals surface area contributed by atoms with E-state index in [1.807, 2.05) is 29.6 Å². The minimum Gasteiger partial charge on any atom is -0.489 e. The smallest absolute Gasteiger partial charge is 0.339 e. The van der Waals surface area contributed by atoms with Crippen LogP contribution in [0.1, 0.15) is 35.7 Å². The van der Waals surface area contributed by atoms with Crippen molar-refractivity contribution in [3.63, 3.8) is 0 Å². The Balaban J connectivity index is 1.83. The molecule has 0 unspecified atom stereocenters. The molecule has 2 N–H and O–H groups in total. The summed E-state index contributed by atoms with van der Waals surface area (Å²) in [5, 5.41) is 9.79. The largest absolute Gasteiger partial charge is 0.489 e. The number of carbonyl (C=O) groups is 1. The average molecular weight is 426 g/mol. The van der Waals surface area contributed by atoms with Crippen LogP contribution in [0.4, 0.5) is 0 Å². The van der Waals surface area contributed by atoms with Gasteiger partial charge in [-0.25, -0.2) is 4.79 Å². The molecular weight excluding hydrogens is 402 g/mol. The molecule has 0 spiro atoms. The summed E-state index contributed by atoms with van der Waals surface area (Å²) in [6.45, 7) is 9.72. The third kappa shape index (κ3) is 4.60. The lowest BCUT2D eigenvalue weighted by molar-refractivity contribution is -0.136. The van der Waals surface area contributed by atoms with E-state index in [0.717, 1.165) is 16.0 Å². The number of allylic oxidation sites excluding steroid dienone is 1. The summed E-state index contributed by atoms with van der Waals surface area (Å²) in [6.07, 6.45) is 1.72. The van der Waals surface area contributed by atoms with E-state index < -0.39 is 0 Å². The molecule has 8 heteroatoms. The lowest BCUT2D eigenvalue weighted by atomic mass is 10.0. The van der Waals surface area contributed by atoms with E-state index in [0.29, 0.717) is 41.0 Å². The molecule has 0 aliphatic carbocycles. The number of rotatable bonds is 8. The van der Waals surface area contributed by atoms with Crippen LogP contribution >= 0.6 is 11.3 Å². The molecule has 0 saturated carbocycles. The molecule has 156 valence electrons. The Labute approximate surface area is 178 Å². The van der Waals surface area contributed by atoms with Crippen LogP contribution in [-0.4, -0.2) is 22.8 Å². The van der Waals surface area contributed by atoms with Crippen LogP contribution in [0.2, 0.25) is 0 Å². The number of benzene rings is 1. The fourth-order valence-corrected chi connectivity index (χ4v) is 4.05. The topological polar surface area (TPSA) is 100 Å². The standard InChI is InChI=1S/C22H23N3O4S/c1-5-18(22(26)27-6-2)20-19(13(3)23)16(12-30-20)11-28-17-9-7-8-15(10-17)21-25-24-14(4)29-21/h5,7-10,12H,3,6,11,23H2,1-2,4H3/b18-5+. The Morgan fingerprint density at radius 1 is 1.37 bits per heavy atom. The van der Waals surface area contributed by atoms with Crippen molar-refractivity contribution in [3.8, 4) is 17.2 Å². The third-order valence-electron chi connectivity index (χ3n) is 4.22. The van der Waals surface area contributed by atoms with Gasteiger partial charge < -0.3 is 19.6 Å². The lowest BCUT2D eigenvalue weighted by Gasteiger charge is -2.11. The third-order valence-corrected chi connectivity index (χ3v) is 5.28. The average Bonchev–Trinajstić information content (AvgIpc) is 3.34. The second kappa shape index (κ2) is 9.41. The predicted molar refractivity (Wildman–Crippen MR) is 117 cm³/mol. The molecule has 0 saturated heterocycles. The molecule has 0 aliphatic heterocycles. The van der Waals surface area contributed by atoms with Crippen LogP contribution in [-0.2, 0) is 16.1 Å². The summed E-state index contributed by atoms with van der Waals surface area (Å²) in [5.74, 6) is 1.18. The molecule has 7 nitrogen and oxygen atoms in total. The van der Waals surface area contributed by atoms with Crippen molar-refractivity contribution in [3.05, 3.63) is 64.2 Å². The van der Waals surface area contributed by atoms with Crippen LogP contribution in [0.25, 0.3) is 22.7 Å². The summed E-state index contributed by atoms with van der Waals surface area (Å²) < 4.78 is 16.6. The fraction of sp³-hybridized carbons (Fsp3) is 0.227. The van der Waals surface area contributed by atoms with E-state index in [-0.39, 0.29) is 12.6 Å². The van der Waals surface area contributed by atoms with Gasteiger partial charge in [0.05, 0.1) is 17.1 Å². The van der Waals surface area contributed by atoms with Gasteiger partial charge in [-0.2, -0.15) is 0 Å². The maximum Gasteiger partial charge on any atom is 0.339 e. The minimum atomic E-state index is -0.389. The van der Waals surface area contributed by atoms with Gasteiger partial charge in [0, 0.05) is 29.3 Å². The lowest BCUT2D eigenvalue weighted by Crippen LogP contribution is -2.09. The number of hydrogen-bond acceptors (Lipinski definition) is 8. The zero-order valence-corrected chi connectivity index (χ0v) is 17.9. The van der Waals surface area contributed by atoms with Gasteiger partial charge >= 0.3 is 5.97 Å². The summed E-state index contributed by atoms with van der Waals surface area (Å²) in [7, 11) is 0. The second-order valence-corrected chi connectivity index (χ2v) is 7.24. The first-order valence-electron chi connectivity index (χ1n) is 9.36. The van der Waals surface area contributed by atoms with Crippen molar-refractivity contribution in [2.45, 2.75) is 27.4 Å². The number of ether oxygens (including phenoxy) is 2. The Hall–Kier alpha value is -3.39. The van der Waals surface area contributed by atoms with E-state index in [2.05, 4.69) is 16.8 Å². The monoisotopic (exact) mass is 425 g/mol. The number of carbonyl (C=O) groups excluding carboxylic acids is 1. The van der Waals surface area contributed by atoms with Crippen molar-refractivity contribution in [2.24, 2.45) is 5.73 Å². The number of nitrogens with two attached hydrogens (primary N) is 1. The van der Waals surface area contributed by atoms with E-state index >= 15 is 0 Å². The second-order valence-electron chi connectivity index (χ2n) is 6.36. The SMILES string of the molecule is C=C(N)c1c(COc2cccc(-c3nnc(C)o3)c2)csc1/C(=C\C)C(=O)OCC. The summed E-state index contributed by atoms with van der Waals surface area (Å²) in [5.41, 5.74) is 9.18. The van der Waals surface area contributed by atoms with Crippen LogP contribution in [0.15, 0.2) is 46.7 Å². The van der Waals surface area contributed by atoms with Gasteiger partial charge in [-0.15, -0.1) is 21.5 Å². The van der Waals surface area contributed by atoms with Gasteiger partial charge in [-0.3, -0.25) is 0 Å². The molecule has 3 rings (SSSR count). The van der Waals surface area contributed by atoms with Crippen molar-refractivity contribution < 1.29 is 18.7 Å². The molecular formula is C22H23N3O4S. The van der Waals surface area contributed by atoms with Crippen molar-refractivity contribution in [2.75, 3.05) is 6.61 Å². The molecule has 0 fully saturated rings. The van der Waals surface area contributed by atoms with E-state index in [1.165, 1.54) is 11.3 Å². The van der Waals surface area contributed by atoms with Crippen molar-refractivity contribution in [1.82, 2.24) is 10.2 Å². The van der Waals surface area contributed by atoms with E-state index in [9.17, 15) is 4.79 Å². The molecule has 2 aromatic heterocycles. The van der Waals surface area contributed by atoms with Gasteiger partial charge in [0.25, 0.3) is 0 Å². The number of aromatic nitrogens is 2. The molecule has 0 aliphatic rings. The van der Waals surface area contributed by atoms with Gasteiger partial charge in [-0.05, 0) is 37.4 Å². The molecule has 30 heavy (non-hydrogen) atoms. The highest BCUT2D eigenvalue weighted by atomic mass is 32.1. The van der Waals surface area contributed by atoms with Crippen molar-refractivity contribution >= 4 is 28.6 Å². The van der Waals surface area contributed by atoms with Gasteiger partial charge in [0.2, 0.25) is 11.8 Å². The number of esters is 1. The van der Waals surface area contributed by atoms with Gasteiger partial charge in [0.15, 0.2) is 0 Å². The first-order chi connectivity index (χ1) is 14.4. The highest BCUT2D eigenvalue weighted by Gasteiger charge is 2.22. The molecule has 0 amide bonds. The first kappa shape index (κ1) is 21.3. The molecule has 0 atom stereocenters. The predicted octanol–water partition coefficient (Wildman–Crippen LogP) is 4.58. The highest BCUT2D eigenvalue weighted by Crippen LogP contribution is 2.34. The number of nitrogens with zero attached hydrogens (tertiary/aromatic N) is 2. The number of hydrogen-bond donors (Lipinski definition) is 1. The maximum absolute atomic E-state index is 12.3. The normalized spacial score (nSPS) is 11.4. The van der Waals surface area contributed by atoms with Crippen LogP contribution in [0.3, 0.4) is 0 Å². The molecule has 2 heterocycles. The Kier molecular flexibility index (Phi) is 6.68. The quantitative estimate of drug-likeness (QED) is 0.416. The van der Waals surface area contributed by atoms with E-state index in [1.54, 1.807) is 26.8 Å². The molecule has 0 radical (unpaired) electrons. The Morgan fingerprint density at radius 2 is 2.17 bits per heavy atom. The fourth-order valence-electron chi connectivity index (χ4n) is 2.89. The number of thiophene rings is 1. The van der Waals surface area contributed by atoms with Crippen LogP contribution in [0.5, 0.6) is 5.75 Å². The Morgan fingerprint density at radius 3 is 2.80 bits per heavy atom. The van der Waals surface area contributed by atoms with Gasteiger partial charge in [0.1, 0.15) is 12.4 Å². The first-order valence-corrected chi connectivity index (χ1v) is 10.2. The summed E-state index contributed by atoms with van der Waals surface area (Å²) in [6, 6.07) is 7.39. The molecule has 3 aromatic rings. The van der Waals surface area contributed by atoms with Gasteiger partial charge in [-0.1, -0.05) is 18.7 Å². The zero-order valence-electron chi connectivity index (χ0n) is 17.1. The van der Waals surface area contributed by atoms with Crippen LogP contribution < -0.4 is 10.5 Å². The number of aryl methyl sites for hydroxylation is 1. The zero-order chi connectivity index (χ0) is 21.7. The highest BCUT2D eigenvalue weighted by molar-refractivity contribution is 7.12. The summed E-state index contributed by atoms with van der Waals surface area (Å²) in [4.78, 5) is 13.0. The minimum absolute atomic E-state index is 0.258. The van der Waals surface area contributed by atoms with E-state index in [4.69, 9.17) is 19.6 Å². The summed E-state index contributed by atoms with van der Waals surface area (Å²) >= 11 is 1.41. The maximum atomic E-state index is 12.3. The van der Waals surface area contributed by atoms with Crippen molar-refractivity contribution in [1.29, 1.82) is 0 Å². The Bertz CT molecular complexity index is 1100. The van der Waals surface area contributed by atoms with Crippen LogP contribution in [0, 0.1) is 6.92 Å². The molecule has 0 bridgehead atoms. The molecule has 1 aromatic carbocycles.